The molecule has 1 aliphatic rings. The van der Waals surface area contributed by atoms with E-state index < -0.39 is 36.9 Å². The Morgan fingerprint density at radius 2 is 1.56 bits per heavy atom. The number of nitro groups is 2. The molecule has 1 aliphatic heterocycles. The highest BCUT2D eigenvalue weighted by Crippen LogP contribution is 2.59. The Morgan fingerprint density at radius 1 is 0.926 bits per heavy atom. The van der Waals surface area contributed by atoms with Crippen LogP contribution in [0.1, 0.15) is 22.3 Å². The van der Waals surface area contributed by atoms with Gasteiger partial charge in [0, 0.05) is 11.6 Å². The maximum atomic E-state index is 14.0. The molecule has 1 heterocycles. The predicted octanol–water partition coefficient (Wildman–Crippen LogP) is 5.55. The largest absolute Gasteiger partial charge is 0.308 e. The van der Waals surface area contributed by atoms with Gasteiger partial charge in [-0.2, -0.15) is 8.78 Å². The predicted molar refractivity (Wildman–Crippen MR) is 101 cm³/mol. The van der Waals surface area contributed by atoms with Gasteiger partial charge in [0.1, 0.15) is 4.08 Å². The summed E-state index contributed by atoms with van der Waals surface area (Å²) in [6.07, 6.45) is 0. The topological polar surface area (TPSA) is 86.3 Å². The maximum Gasteiger partial charge on any atom is 0.308 e. The van der Waals surface area contributed by atoms with E-state index in [1.165, 1.54) is 36.5 Å². The molecule has 0 amide bonds. The molecule has 0 unspecified atom stereocenters. The number of nitro benzene ring substituents is 2. The van der Waals surface area contributed by atoms with E-state index in [-0.39, 0.29) is 5.56 Å². The third kappa shape index (κ3) is 3.08. The summed E-state index contributed by atoms with van der Waals surface area (Å²) in [5, 5.41) is 26.0. The average molecular weight is 410 g/mol. The van der Waals surface area contributed by atoms with Gasteiger partial charge in [0.15, 0.2) is 0 Å². The number of halogens is 2. The standard InChI is InChI=1S/C17H12F2N2O4S2/c1-9-7-14(19)15(20(22)23)8-12(9)17(26-5-6-27-17)11-3-4-13(18)16(10(11)2)21(24)25/h3-8H,1-2H3. The second-order valence-electron chi connectivity index (χ2n) is 5.83. The van der Waals surface area contributed by atoms with Gasteiger partial charge < -0.3 is 0 Å². The Morgan fingerprint density at radius 3 is 2.11 bits per heavy atom. The van der Waals surface area contributed by atoms with Crippen LogP contribution in [0.25, 0.3) is 0 Å². The fourth-order valence-electron chi connectivity index (χ4n) is 3.08. The first-order valence-corrected chi connectivity index (χ1v) is 9.34. The van der Waals surface area contributed by atoms with Crippen molar-refractivity contribution in [3.63, 3.8) is 0 Å². The van der Waals surface area contributed by atoms with E-state index in [1.807, 2.05) is 0 Å². The molecule has 0 aliphatic carbocycles. The maximum absolute atomic E-state index is 14.0. The molecule has 0 saturated carbocycles. The molecule has 27 heavy (non-hydrogen) atoms. The zero-order valence-corrected chi connectivity index (χ0v) is 15.7. The van der Waals surface area contributed by atoms with Crippen LogP contribution in [-0.2, 0) is 4.08 Å². The second kappa shape index (κ2) is 6.93. The molecule has 2 aromatic carbocycles. The normalized spacial score (nSPS) is 15.1. The Balaban J connectivity index is 2.32. The number of thioether (sulfide) groups is 2. The number of hydrogen-bond acceptors (Lipinski definition) is 6. The smallest absolute Gasteiger partial charge is 0.258 e. The molecule has 0 radical (unpaired) electrons. The molecule has 10 heteroatoms. The van der Waals surface area contributed by atoms with Gasteiger partial charge in [-0.05, 0) is 53.5 Å². The van der Waals surface area contributed by atoms with E-state index in [0.29, 0.717) is 16.7 Å². The van der Waals surface area contributed by atoms with Crippen LogP contribution < -0.4 is 0 Å². The van der Waals surface area contributed by atoms with E-state index in [0.717, 1.165) is 18.2 Å². The average Bonchev–Trinajstić information content (AvgIpc) is 3.04. The van der Waals surface area contributed by atoms with Crippen LogP contribution in [0.15, 0.2) is 35.1 Å². The second-order valence-corrected chi connectivity index (χ2v) is 8.32. The van der Waals surface area contributed by atoms with Gasteiger partial charge >= 0.3 is 11.4 Å². The first-order chi connectivity index (χ1) is 12.7. The minimum atomic E-state index is -1.02. The molecule has 0 N–H and O–H groups in total. The number of benzene rings is 2. The quantitative estimate of drug-likeness (QED) is 0.485. The van der Waals surface area contributed by atoms with E-state index in [9.17, 15) is 29.0 Å². The summed E-state index contributed by atoms with van der Waals surface area (Å²) in [7, 11) is 0. The van der Waals surface area contributed by atoms with Gasteiger partial charge in [0.2, 0.25) is 11.6 Å². The Labute approximate surface area is 161 Å². The highest BCUT2D eigenvalue weighted by atomic mass is 32.2. The van der Waals surface area contributed by atoms with Crippen molar-refractivity contribution in [2.45, 2.75) is 17.9 Å². The fraction of sp³-hybridized carbons (Fsp3) is 0.176. The summed E-state index contributed by atoms with van der Waals surface area (Å²) in [4.78, 5) is 20.9. The summed E-state index contributed by atoms with van der Waals surface area (Å²) in [6, 6.07) is 4.66. The lowest BCUT2D eigenvalue weighted by Crippen LogP contribution is -2.21. The fourth-order valence-corrected chi connectivity index (χ4v) is 5.85. The minimum Gasteiger partial charge on any atom is -0.258 e. The van der Waals surface area contributed by atoms with Crippen LogP contribution >= 0.6 is 23.5 Å². The number of nitrogens with zero attached hydrogens (tertiary/aromatic N) is 2. The van der Waals surface area contributed by atoms with Crippen molar-refractivity contribution < 1.29 is 18.6 Å². The molecule has 3 rings (SSSR count). The molecular formula is C17H12F2N2O4S2. The number of hydrogen-bond donors (Lipinski definition) is 0. The highest BCUT2D eigenvalue weighted by molar-refractivity contribution is 8.23. The Hall–Kier alpha value is -2.46. The van der Waals surface area contributed by atoms with Crippen LogP contribution in [0.3, 0.4) is 0 Å². The molecule has 6 nitrogen and oxygen atoms in total. The van der Waals surface area contributed by atoms with E-state index in [2.05, 4.69) is 0 Å². The van der Waals surface area contributed by atoms with Gasteiger partial charge in [0.25, 0.3) is 0 Å². The third-order valence-corrected chi connectivity index (χ3v) is 7.13. The van der Waals surface area contributed by atoms with Gasteiger partial charge in [-0.15, -0.1) is 23.5 Å². The Kier molecular flexibility index (Phi) is 4.96. The molecule has 0 spiro atoms. The molecule has 0 fully saturated rings. The summed E-state index contributed by atoms with van der Waals surface area (Å²) in [6.45, 7) is 3.04. The van der Waals surface area contributed by atoms with Crippen molar-refractivity contribution in [1.82, 2.24) is 0 Å². The van der Waals surface area contributed by atoms with E-state index >= 15 is 0 Å². The number of rotatable bonds is 4. The molecule has 0 atom stereocenters. The molecule has 2 aromatic rings. The highest BCUT2D eigenvalue weighted by Gasteiger charge is 2.43. The molecule has 140 valence electrons. The van der Waals surface area contributed by atoms with Crippen LogP contribution in [0.4, 0.5) is 20.2 Å². The van der Waals surface area contributed by atoms with Crippen LogP contribution in [-0.4, -0.2) is 9.85 Å². The van der Waals surface area contributed by atoms with Gasteiger partial charge in [-0.3, -0.25) is 20.2 Å². The van der Waals surface area contributed by atoms with Crippen molar-refractivity contribution in [3.8, 4) is 0 Å². The molecule has 0 bridgehead atoms. The van der Waals surface area contributed by atoms with Crippen molar-refractivity contribution in [3.05, 3.63) is 89.2 Å². The lowest BCUT2D eigenvalue weighted by atomic mass is 9.94. The van der Waals surface area contributed by atoms with Gasteiger partial charge in [-0.1, -0.05) is 6.07 Å². The van der Waals surface area contributed by atoms with Gasteiger partial charge in [-0.25, -0.2) is 0 Å². The summed E-state index contributed by atoms with van der Waals surface area (Å²) < 4.78 is 27.0. The zero-order valence-electron chi connectivity index (χ0n) is 14.1. The lowest BCUT2D eigenvalue weighted by Gasteiger charge is -2.31. The molecular weight excluding hydrogens is 398 g/mol. The first kappa shape index (κ1) is 19.3. The SMILES string of the molecule is Cc1cc(F)c([N+](=O)[O-])cc1C1(c2ccc(F)c([N+](=O)[O-])c2C)SC=CS1. The van der Waals surface area contributed by atoms with Crippen molar-refractivity contribution in [1.29, 1.82) is 0 Å². The summed E-state index contributed by atoms with van der Waals surface area (Å²) >= 11 is 2.54. The van der Waals surface area contributed by atoms with Crippen LogP contribution in [0.5, 0.6) is 0 Å². The molecule has 0 aromatic heterocycles. The minimum absolute atomic E-state index is 0.120. The summed E-state index contributed by atoms with van der Waals surface area (Å²) in [5.41, 5.74) is 0.106. The van der Waals surface area contributed by atoms with Gasteiger partial charge in [0.05, 0.1) is 9.85 Å². The molecule has 0 saturated heterocycles. The van der Waals surface area contributed by atoms with E-state index in [1.54, 1.807) is 17.7 Å². The van der Waals surface area contributed by atoms with Crippen LogP contribution in [0.2, 0.25) is 0 Å². The van der Waals surface area contributed by atoms with E-state index in [4.69, 9.17) is 0 Å². The zero-order chi connectivity index (χ0) is 19.9. The number of aryl methyl sites for hydroxylation is 1. The van der Waals surface area contributed by atoms with Crippen molar-refractivity contribution >= 4 is 34.9 Å². The third-order valence-electron chi connectivity index (χ3n) is 4.29. The van der Waals surface area contributed by atoms with Crippen molar-refractivity contribution in [2.75, 3.05) is 0 Å². The van der Waals surface area contributed by atoms with Crippen molar-refractivity contribution in [2.24, 2.45) is 0 Å². The first-order valence-electron chi connectivity index (χ1n) is 7.58. The Bertz CT molecular complexity index is 999. The monoisotopic (exact) mass is 410 g/mol. The summed E-state index contributed by atoms with van der Waals surface area (Å²) in [5.74, 6) is -1.92. The lowest BCUT2D eigenvalue weighted by molar-refractivity contribution is -0.388. The van der Waals surface area contributed by atoms with Crippen LogP contribution in [0, 0.1) is 45.7 Å².